The van der Waals surface area contributed by atoms with E-state index in [0.29, 0.717) is 5.56 Å². The number of carboxylic acids is 1. The minimum absolute atomic E-state index is 0.158. The molecule has 172 valence electrons. The molecule has 0 aliphatic carbocycles. The number of hydrogen-bond acceptors (Lipinski definition) is 3. The Morgan fingerprint density at radius 2 is 1.45 bits per heavy atom. The predicted octanol–water partition coefficient (Wildman–Crippen LogP) is 5.96. The number of rotatable bonds is 7. The van der Waals surface area contributed by atoms with E-state index >= 15 is 0 Å². The second kappa shape index (κ2) is 9.90. The number of carbonyl (C=O) groups is 2. The van der Waals surface area contributed by atoms with Gasteiger partial charge in [-0.1, -0.05) is 42.5 Å². The summed E-state index contributed by atoms with van der Waals surface area (Å²) in [5, 5.41) is 15.2. The maximum absolute atomic E-state index is 12.6. The van der Waals surface area contributed by atoms with E-state index in [0.717, 1.165) is 27.9 Å². The molecule has 2 unspecified atom stereocenters. The molecule has 0 heterocycles. The summed E-state index contributed by atoms with van der Waals surface area (Å²) in [5.74, 6) is -1.43. The number of aliphatic carboxylic acids is 1. The number of carboxylic acid groups (broad SMARTS) is 1. The summed E-state index contributed by atoms with van der Waals surface area (Å²) >= 11 is 0. The van der Waals surface area contributed by atoms with E-state index in [2.05, 4.69) is 61.7 Å². The Kier molecular flexibility index (Phi) is 7.22. The molecular weight excluding hydrogens is 412 g/mol. The van der Waals surface area contributed by atoms with Gasteiger partial charge in [-0.3, -0.25) is 9.59 Å². The molecule has 0 spiro atoms. The number of anilines is 1. The predicted molar refractivity (Wildman–Crippen MR) is 134 cm³/mol. The summed E-state index contributed by atoms with van der Waals surface area (Å²) in [5.41, 5.74) is 9.01. The van der Waals surface area contributed by atoms with Gasteiger partial charge >= 0.3 is 5.97 Å². The maximum atomic E-state index is 12.6. The monoisotopic (exact) mass is 444 g/mol. The van der Waals surface area contributed by atoms with Gasteiger partial charge in [0.1, 0.15) is 6.04 Å². The van der Waals surface area contributed by atoms with Crippen LogP contribution in [-0.2, 0) is 4.79 Å². The van der Waals surface area contributed by atoms with Crippen LogP contribution in [0.15, 0.2) is 54.6 Å². The molecule has 3 rings (SSSR count). The Labute approximate surface area is 195 Å². The van der Waals surface area contributed by atoms with Crippen LogP contribution in [0.2, 0.25) is 0 Å². The van der Waals surface area contributed by atoms with Gasteiger partial charge in [0.05, 0.1) is 0 Å². The fourth-order valence-electron chi connectivity index (χ4n) is 3.97. The lowest BCUT2D eigenvalue weighted by atomic mass is 9.94. The molecule has 5 heteroatoms. The highest BCUT2D eigenvalue weighted by Gasteiger charge is 2.19. The van der Waals surface area contributed by atoms with Crippen LogP contribution in [0.4, 0.5) is 5.69 Å². The van der Waals surface area contributed by atoms with E-state index in [1.807, 2.05) is 38.1 Å². The number of benzene rings is 3. The minimum atomic E-state index is -1.06. The number of hydrogen-bond donors (Lipinski definition) is 3. The van der Waals surface area contributed by atoms with Gasteiger partial charge in [0.25, 0.3) is 5.91 Å². The Hall–Kier alpha value is -3.60. The van der Waals surface area contributed by atoms with Crippen molar-refractivity contribution in [1.82, 2.24) is 5.32 Å². The van der Waals surface area contributed by atoms with E-state index in [4.69, 9.17) is 5.11 Å². The first kappa shape index (κ1) is 24.1. The fraction of sp³-hybridized carbons (Fsp3) is 0.286. The molecule has 2 atom stereocenters. The number of nitrogens with one attached hydrogen (secondary N) is 2. The summed E-state index contributed by atoms with van der Waals surface area (Å²) < 4.78 is 0. The molecule has 3 aromatic carbocycles. The smallest absolute Gasteiger partial charge is 0.325 e. The highest BCUT2D eigenvalue weighted by molar-refractivity contribution is 5.99. The lowest BCUT2D eigenvalue weighted by molar-refractivity contribution is -0.138. The van der Waals surface area contributed by atoms with Crippen LogP contribution in [0.1, 0.15) is 58.1 Å². The van der Waals surface area contributed by atoms with Crippen molar-refractivity contribution in [3.63, 3.8) is 0 Å². The van der Waals surface area contributed by atoms with Crippen molar-refractivity contribution in [2.45, 2.75) is 53.6 Å². The summed E-state index contributed by atoms with van der Waals surface area (Å²) in [6.07, 6.45) is 0. The van der Waals surface area contributed by atoms with E-state index in [-0.39, 0.29) is 11.9 Å². The topological polar surface area (TPSA) is 78.4 Å². The molecule has 0 saturated carbocycles. The van der Waals surface area contributed by atoms with Crippen LogP contribution >= 0.6 is 0 Å². The summed E-state index contributed by atoms with van der Waals surface area (Å²) in [4.78, 5) is 23.7. The molecule has 0 aliphatic rings. The first-order valence-corrected chi connectivity index (χ1v) is 11.2. The number of aryl methyl sites for hydroxylation is 4. The zero-order chi connectivity index (χ0) is 24.3. The fourth-order valence-corrected chi connectivity index (χ4v) is 3.97. The average molecular weight is 445 g/mol. The molecule has 33 heavy (non-hydrogen) atoms. The van der Waals surface area contributed by atoms with Crippen LogP contribution in [0.25, 0.3) is 11.1 Å². The van der Waals surface area contributed by atoms with Gasteiger partial charge in [-0.25, -0.2) is 0 Å². The lowest BCUT2D eigenvalue weighted by Gasteiger charge is -2.18. The zero-order valence-electron chi connectivity index (χ0n) is 20.1. The molecule has 0 bridgehead atoms. The minimum Gasteiger partial charge on any atom is -0.480 e. The molecule has 0 saturated heterocycles. The van der Waals surface area contributed by atoms with Gasteiger partial charge in [-0.2, -0.15) is 0 Å². The lowest BCUT2D eigenvalue weighted by Crippen LogP contribution is -2.38. The van der Waals surface area contributed by atoms with Crippen molar-refractivity contribution in [1.29, 1.82) is 0 Å². The first-order valence-electron chi connectivity index (χ1n) is 11.2. The highest BCUT2D eigenvalue weighted by atomic mass is 16.4. The molecule has 0 radical (unpaired) electrons. The van der Waals surface area contributed by atoms with E-state index in [1.54, 1.807) is 0 Å². The van der Waals surface area contributed by atoms with E-state index < -0.39 is 12.0 Å². The largest absolute Gasteiger partial charge is 0.480 e. The van der Waals surface area contributed by atoms with Crippen LogP contribution in [0.3, 0.4) is 0 Å². The maximum Gasteiger partial charge on any atom is 0.325 e. The molecule has 3 N–H and O–H groups in total. The van der Waals surface area contributed by atoms with Gasteiger partial charge in [-0.05, 0) is 92.6 Å². The Morgan fingerprint density at radius 1 is 0.788 bits per heavy atom. The van der Waals surface area contributed by atoms with E-state index in [1.165, 1.54) is 23.6 Å². The van der Waals surface area contributed by atoms with Gasteiger partial charge in [0.2, 0.25) is 0 Å². The van der Waals surface area contributed by atoms with Gasteiger partial charge in [0, 0.05) is 17.3 Å². The van der Waals surface area contributed by atoms with Crippen molar-refractivity contribution >= 4 is 17.6 Å². The summed E-state index contributed by atoms with van der Waals surface area (Å²) in [6, 6.07) is 17.9. The van der Waals surface area contributed by atoms with Gasteiger partial charge < -0.3 is 15.7 Å². The normalized spacial score (nSPS) is 12.7. The third-order valence-corrected chi connectivity index (χ3v) is 6.09. The van der Waals surface area contributed by atoms with Crippen molar-refractivity contribution in [3.8, 4) is 11.1 Å². The van der Waals surface area contributed by atoms with Crippen LogP contribution in [0, 0.1) is 27.7 Å². The quantitative estimate of drug-likeness (QED) is 0.420. The summed E-state index contributed by atoms with van der Waals surface area (Å²) in [6.45, 7) is 11.6. The second-order valence-electron chi connectivity index (χ2n) is 8.81. The molecule has 1 amide bonds. The molecule has 0 aliphatic heterocycles. The van der Waals surface area contributed by atoms with Gasteiger partial charge in [0.15, 0.2) is 0 Å². The number of amides is 1. The Balaban J connectivity index is 1.84. The Morgan fingerprint density at radius 3 is 2.06 bits per heavy atom. The third kappa shape index (κ3) is 5.61. The van der Waals surface area contributed by atoms with Crippen molar-refractivity contribution in [3.05, 3.63) is 88.0 Å². The average Bonchev–Trinajstić information content (AvgIpc) is 2.75. The van der Waals surface area contributed by atoms with Crippen LogP contribution in [-0.4, -0.2) is 23.0 Å². The summed E-state index contributed by atoms with van der Waals surface area (Å²) in [7, 11) is 0. The molecular formula is C28H32N2O3. The molecule has 5 nitrogen and oxygen atoms in total. The second-order valence-corrected chi connectivity index (χ2v) is 8.81. The Bertz CT molecular complexity index is 1180. The first-order chi connectivity index (χ1) is 15.6. The van der Waals surface area contributed by atoms with Gasteiger partial charge in [-0.15, -0.1) is 0 Å². The van der Waals surface area contributed by atoms with E-state index in [9.17, 15) is 9.59 Å². The molecule has 0 aromatic heterocycles. The van der Waals surface area contributed by atoms with Crippen molar-refractivity contribution in [2.24, 2.45) is 0 Å². The van der Waals surface area contributed by atoms with Crippen LogP contribution in [0.5, 0.6) is 0 Å². The molecule has 0 fully saturated rings. The SMILES string of the molecule is Cc1ccc(C(C)Nc2cccc(-c3cc(C)c(C(=O)NC(C)C(=O)O)c(C)c3)c2)cc1C. The highest BCUT2D eigenvalue weighted by Crippen LogP contribution is 2.29. The standard InChI is InChI=1S/C28H32N2O3/c1-16-10-11-22(12-17(16)2)20(5)29-25-9-7-8-23(15-25)24-13-18(3)26(19(4)14-24)27(31)30-21(6)28(32)33/h7-15,20-21,29H,1-6H3,(H,30,31)(H,32,33). The number of carbonyl (C=O) groups excluding carboxylic acids is 1. The third-order valence-electron chi connectivity index (χ3n) is 6.09. The van der Waals surface area contributed by atoms with Crippen molar-refractivity contribution < 1.29 is 14.7 Å². The molecule has 3 aromatic rings. The zero-order valence-corrected chi connectivity index (χ0v) is 20.1. The van der Waals surface area contributed by atoms with Crippen molar-refractivity contribution in [2.75, 3.05) is 5.32 Å². The van der Waals surface area contributed by atoms with Crippen LogP contribution < -0.4 is 10.6 Å².